The van der Waals surface area contributed by atoms with Crippen molar-refractivity contribution < 1.29 is 9.47 Å². The summed E-state index contributed by atoms with van der Waals surface area (Å²) in [5.41, 5.74) is 1.06. The van der Waals surface area contributed by atoms with Gasteiger partial charge in [-0.3, -0.25) is 0 Å². The topological polar surface area (TPSA) is 30.5 Å². The normalized spacial score (nSPS) is 16.8. The molecule has 0 saturated heterocycles. The van der Waals surface area contributed by atoms with Crippen LogP contribution in [-0.2, 0) is 6.54 Å². The third-order valence-electron chi connectivity index (χ3n) is 3.77. The number of hydrogen-bond acceptors (Lipinski definition) is 3. The van der Waals surface area contributed by atoms with Crippen LogP contribution in [0.25, 0.3) is 0 Å². The molecule has 0 radical (unpaired) electrons. The molecule has 0 aliphatic heterocycles. The van der Waals surface area contributed by atoms with Crippen LogP contribution in [0.3, 0.4) is 0 Å². The van der Waals surface area contributed by atoms with Gasteiger partial charge in [-0.25, -0.2) is 0 Å². The lowest BCUT2D eigenvalue weighted by molar-refractivity contribution is 0.174. The van der Waals surface area contributed by atoms with Crippen molar-refractivity contribution in [2.75, 3.05) is 14.2 Å². The molecule has 1 aliphatic rings. The Morgan fingerprint density at radius 2 is 1.90 bits per heavy atom. The minimum atomic E-state index is 0.295. The molecule has 1 aromatic rings. The number of ether oxygens (including phenoxy) is 2. The van der Waals surface area contributed by atoms with Crippen LogP contribution in [-0.4, -0.2) is 20.3 Å². The molecule has 1 saturated carbocycles. The van der Waals surface area contributed by atoms with Gasteiger partial charge in [0.1, 0.15) is 0 Å². The van der Waals surface area contributed by atoms with E-state index in [2.05, 4.69) is 5.32 Å². The molecule has 1 aromatic carbocycles. The van der Waals surface area contributed by atoms with E-state index in [1.165, 1.54) is 25.7 Å². The van der Waals surface area contributed by atoms with Gasteiger partial charge in [-0.15, -0.1) is 0 Å². The van der Waals surface area contributed by atoms with Crippen molar-refractivity contribution in [1.29, 1.82) is 0 Å². The number of methoxy groups -OCH3 is 1. The van der Waals surface area contributed by atoms with Gasteiger partial charge < -0.3 is 14.8 Å². The molecular weight excluding hydrogens is 274 g/mol. The Kier molecular flexibility index (Phi) is 5.99. The molecular formula is C16H24ClNO2. The second-order valence-corrected chi connectivity index (χ2v) is 5.79. The molecule has 20 heavy (non-hydrogen) atoms. The SMILES string of the molecule is CNCc1cc(Cl)cc(OC)c1OC1CCCCCC1. The Bertz CT molecular complexity index is 429. The Balaban J connectivity index is 2.22. The number of nitrogens with one attached hydrogen (secondary N) is 1. The fraction of sp³-hybridized carbons (Fsp3) is 0.625. The average Bonchev–Trinajstić information content (AvgIpc) is 2.70. The molecule has 0 bridgehead atoms. The van der Waals surface area contributed by atoms with Crippen LogP contribution in [0.5, 0.6) is 11.5 Å². The standard InChI is InChI=1S/C16H24ClNO2/c1-18-11-12-9-13(17)10-15(19-2)16(12)20-14-7-5-3-4-6-8-14/h9-10,14,18H,3-8,11H2,1-2H3. The summed E-state index contributed by atoms with van der Waals surface area (Å²) in [6.07, 6.45) is 7.70. The molecule has 0 amide bonds. The lowest BCUT2D eigenvalue weighted by Gasteiger charge is -2.21. The van der Waals surface area contributed by atoms with Gasteiger partial charge in [0.2, 0.25) is 0 Å². The zero-order valence-electron chi connectivity index (χ0n) is 12.4. The smallest absolute Gasteiger partial charge is 0.166 e. The predicted molar refractivity (Wildman–Crippen MR) is 82.9 cm³/mol. The van der Waals surface area contributed by atoms with E-state index in [4.69, 9.17) is 21.1 Å². The average molecular weight is 298 g/mol. The van der Waals surface area contributed by atoms with Gasteiger partial charge in [0.25, 0.3) is 0 Å². The van der Waals surface area contributed by atoms with Gasteiger partial charge in [0.05, 0.1) is 13.2 Å². The minimum absolute atomic E-state index is 0.295. The fourth-order valence-electron chi connectivity index (χ4n) is 2.76. The lowest BCUT2D eigenvalue weighted by atomic mass is 10.1. The summed E-state index contributed by atoms with van der Waals surface area (Å²) < 4.78 is 11.7. The lowest BCUT2D eigenvalue weighted by Crippen LogP contribution is -2.18. The molecule has 2 rings (SSSR count). The number of benzene rings is 1. The molecule has 0 spiro atoms. The maximum absolute atomic E-state index is 6.27. The second kappa shape index (κ2) is 7.75. The number of rotatable bonds is 5. The molecule has 0 heterocycles. The maximum atomic E-state index is 6.27. The summed E-state index contributed by atoms with van der Waals surface area (Å²) >= 11 is 6.14. The minimum Gasteiger partial charge on any atom is -0.493 e. The van der Waals surface area contributed by atoms with E-state index in [1.54, 1.807) is 7.11 Å². The van der Waals surface area contributed by atoms with Crippen LogP contribution in [0.4, 0.5) is 0 Å². The van der Waals surface area contributed by atoms with E-state index in [9.17, 15) is 0 Å². The summed E-state index contributed by atoms with van der Waals surface area (Å²) in [5, 5.41) is 3.84. The number of hydrogen-bond donors (Lipinski definition) is 1. The molecule has 0 unspecified atom stereocenters. The first-order valence-electron chi connectivity index (χ1n) is 7.42. The van der Waals surface area contributed by atoms with Crippen LogP contribution in [0.2, 0.25) is 5.02 Å². The van der Waals surface area contributed by atoms with Crippen molar-refractivity contribution in [3.05, 3.63) is 22.7 Å². The van der Waals surface area contributed by atoms with Crippen LogP contribution < -0.4 is 14.8 Å². The Morgan fingerprint density at radius 3 is 2.50 bits per heavy atom. The van der Waals surface area contributed by atoms with Crippen molar-refractivity contribution in [3.63, 3.8) is 0 Å². The van der Waals surface area contributed by atoms with Crippen molar-refractivity contribution in [2.24, 2.45) is 0 Å². The zero-order chi connectivity index (χ0) is 14.4. The zero-order valence-corrected chi connectivity index (χ0v) is 13.1. The molecule has 3 nitrogen and oxygen atoms in total. The number of halogens is 1. The van der Waals surface area contributed by atoms with Gasteiger partial charge in [-0.2, -0.15) is 0 Å². The first-order valence-corrected chi connectivity index (χ1v) is 7.80. The first-order chi connectivity index (χ1) is 9.74. The van der Waals surface area contributed by atoms with E-state index >= 15 is 0 Å². The third-order valence-corrected chi connectivity index (χ3v) is 3.99. The molecule has 0 aromatic heterocycles. The van der Waals surface area contributed by atoms with E-state index in [0.29, 0.717) is 11.1 Å². The van der Waals surface area contributed by atoms with Crippen LogP contribution in [0, 0.1) is 0 Å². The van der Waals surface area contributed by atoms with Gasteiger partial charge in [0.15, 0.2) is 11.5 Å². The first kappa shape index (κ1) is 15.5. The Morgan fingerprint density at radius 1 is 1.20 bits per heavy atom. The van der Waals surface area contributed by atoms with Crippen LogP contribution in [0.15, 0.2) is 12.1 Å². The molecule has 112 valence electrons. The van der Waals surface area contributed by atoms with Crippen molar-refractivity contribution in [1.82, 2.24) is 5.32 Å². The molecule has 1 N–H and O–H groups in total. The van der Waals surface area contributed by atoms with Gasteiger partial charge in [-0.1, -0.05) is 24.4 Å². The summed E-state index contributed by atoms with van der Waals surface area (Å²) in [5.74, 6) is 1.57. The van der Waals surface area contributed by atoms with Gasteiger partial charge >= 0.3 is 0 Å². The molecule has 0 atom stereocenters. The van der Waals surface area contributed by atoms with Crippen molar-refractivity contribution in [2.45, 2.75) is 51.2 Å². The monoisotopic (exact) mass is 297 g/mol. The molecule has 4 heteroatoms. The summed E-state index contributed by atoms with van der Waals surface area (Å²) in [6.45, 7) is 0.721. The molecule has 1 aliphatic carbocycles. The highest BCUT2D eigenvalue weighted by Crippen LogP contribution is 2.37. The van der Waals surface area contributed by atoms with Crippen LogP contribution >= 0.6 is 11.6 Å². The Hall–Kier alpha value is -0.930. The maximum Gasteiger partial charge on any atom is 0.166 e. The largest absolute Gasteiger partial charge is 0.493 e. The van der Waals surface area contributed by atoms with Crippen molar-refractivity contribution in [3.8, 4) is 11.5 Å². The van der Waals surface area contributed by atoms with E-state index in [0.717, 1.165) is 36.4 Å². The second-order valence-electron chi connectivity index (χ2n) is 5.36. The van der Waals surface area contributed by atoms with Gasteiger partial charge in [0, 0.05) is 23.2 Å². The molecule has 1 fully saturated rings. The fourth-order valence-corrected chi connectivity index (χ4v) is 2.99. The van der Waals surface area contributed by atoms with Crippen molar-refractivity contribution >= 4 is 11.6 Å². The summed E-state index contributed by atoms with van der Waals surface area (Å²) in [6, 6.07) is 3.78. The highest BCUT2D eigenvalue weighted by Gasteiger charge is 2.19. The highest BCUT2D eigenvalue weighted by atomic mass is 35.5. The van der Waals surface area contributed by atoms with Crippen LogP contribution in [0.1, 0.15) is 44.1 Å². The quantitative estimate of drug-likeness (QED) is 0.828. The highest BCUT2D eigenvalue weighted by molar-refractivity contribution is 6.30. The van der Waals surface area contributed by atoms with E-state index < -0.39 is 0 Å². The van der Waals surface area contributed by atoms with Gasteiger partial charge in [-0.05, 0) is 38.8 Å². The van der Waals surface area contributed by atoms with E-state index in [1.807, 2.05) is 19.2 Å². The summed E-state index contributed by atoms with van der Waals surface area (Å²) in [4.78, 5) is 0. The van der Waals surface area contributed by atoms with E-state index in [-0.39, 0.29) is 0 Å². The predicted octanol–water partition coefficient (Wildman–Crippen LogP) is 4.17. The third kappa shape index (κ3) is 4.03. The summed E-state index contributed by atoms with van der Waals surface area (Å²) in [7, 11) is 3.58. The Labute approximate surface area is 126 Å².